The minimum Gasteiger partial charge on any atom is -0.481 e. The van der Waals surface area contributed by atoms with E-state index in [1.807, 2.05) is 6.92 Å². The molecule has 2 amide bonds. The van der Waals surface area contributed by atoms with E-state index in [0.717, 1.165) is 12.8 Å². The summed E-state index contributed by atoms with van der Waals surface area (Å²) in [4.78, 5) is 26.7. The van der Waals surface area contributed by atoms with Gasteiger partial charge in [-0.05, 0) is 26.2 Å². The number of urea groups is 1. The molecule has 1 heterocycles. The zero-order valence-electron chi connectivity index (χ0n) is 12.0. The van der Waals surface area contributed by atoms with E-state index in [1.54, 1.807) is 24.0 Å². The van der Waals surface area contributed by atoms with Crippen LogP contribution in [0.1, 0.15) is 26.2 Å². The standard InChI is InChI=1S/C13H24N2O4/c1-10-11(12(16)17)6-4-8-15(10)13(18)14(2)7-5-9-19-3/h10-11H,4-9H2,1-3H3,(H,16,17)/t10-,11-/m0/s1. The maximum atomic E-state index is 12.3. The zero-order valence-corrected chi connectivity index (χ0v) is 12.0. The first-order valence-electron chi connectivity index (χ1n) is 6.72. The fourth-order valence-electron chi connectivity index (χ4n) is 2.50. The average Bonchev–Trinajstić information content (AvgIpc) is 2.38. The van der Waals surface area contributed by atoms with Gasteiger partial charge in [-0.1, -0.05) is 0 Å². The Labute approximate surface area is 114 Å². The number of methoxy groups -OCH3 is 1. The highest BCUT2D eigenvalue weighted by atomic mass is 16.5. The summed E-state index contributed by atoms with van der Waals surface area (Å²) in [5.74, 6) is -1.27. The van der Waals surface area contributed by atoms with Gasteiger partial charge in [0.05, 0.1) is 5.92 Å². The number of carbonyl (C=O) groups is 2. The van der Waals surface area contributed by atoms with Crippen molar-refractivity contribution < 1.29 is 19.4 Å². The van der Waals surface area contributed by atoms with E-state index >= 15 is 0 Å². The molecule has 1 aliphatic rings. The molecule has 19 heavy (non-hydrogen) atoms. The summed E-state index contributed by atoms with van der Waals surface area (Å²) in [6, 6.07) is -0.335. The summed E-state index contributed by atoms with van der Waals surface area (Å²) in [5.41, 5.74) is 0. The molecule has 1 rings (SSSR count). The quantitative estimate of drug-likeness (QED) is 0.765. The van der Waals surface area contributed by atoms with Crippen LogP contribution in [0.2, 0.25) is 0 Å². The molecule has 0 spiro atoms. The van der Waals surface area contributed by atoms with Crippen molar-refractivity contribution in [1.29, 1.82) is 0 Å². The Kier molecular flexibility index (Phi) is 6.08. The summed E-state index contributed by atoms with van der Waals surface area (Å²) in [5, 5.41) is 9.15. The Morgan fingerprint density at radius 2 is 2.16 bits per heavy atom. The highest BCUT2D eigenvalue weighted by Gasteiger charge is 2.36. The van der Waals surface area contributed by atoms with Crippen molar-refractivity contribution in [2.45, 2.75) is 32.2 Å². The maximum Gasteiger partial charge on any atom is 0.320 e. The largest absolute Gasteiger partial charge is 0.481 e. The van der Waals surface area contributed by atoms with Crippen LogP contribution in [-0.2, 0) is 9.53 Å². The van der Waals surface area contributed by atoms with Gasteiger partial charge >= 0.3 is 12.0 Å². The summed E-state index contributed by atoms with van der Waals surface area (Å²) < 4.78 is 4.96. The fourth-order valence-corrected chi connectivity index (χ4v) is 2.50. The third-order valence-corrected chi connectivity index (χ3v) is 3.72. The Hall–Kier alpha value is -1.30. The SMILES string of the molecule is COCCCN(C)C(=O)N1CCC[C@H](C(=O)O)[C@@H]1C. The predicted molar refractivity (Wildman–Crippen MR) is 71.0 cm³/mol. The molecule has 110 valence electrons. The second kappa shape index (κ2) is 7.33. The van der Waals surface area contributed by atoms with Crippen LogP contribution in [-0.4, -0.2) is 66.8 Å². The molecule has 6 nitrogen and oxygen atoms in total. The molecule has 0 aromatic carbocycles. The van der Waals surface area contributed by atoms with Crippen LogP contribution in [0.3, 0.4) is 0 Å². The van der Waals surface area contributed by atoms with Crippen molar-refractivity contribution >= 4 is 12.0 Å². The lowest BCUT2D eigenvalue weighted by Crippen LogP contribution is -2.53. The first-order valence-corrected chi connectivity index (χ1v) is 6.72. The van der Waals surface area contributed by atoms with Gasteiger partial charge in [0.15, 0.2) is 0 Å². The Morgan fingerprint density at radius 1 is 1.47 bits per heavy atom. The van der Waals surface area contributed by atoms with E-state index in [9.17, 15) is 9.59 Å². The van der Waals surface area contributed by atoms with E-state index in [1.165, 1.54) is 0 Å². The van der Waals surface area contributed by atoms with E-state index in [2.05, 4.69) is 0 Å². The number of hydrogen-bond donors (Lipinski definition) is 1. The van der Waals surface area contributed by atoms with Gasteiger partial charge in [0, 0.05) is 39.9 Å². The number of likely N-dealkylation sites (tertiary alicyclic amines) is 1. The number of carbonyl (C=O) groups excluding carboxylic acids is 1. The van der Waals surface area contributed by atoms with Crippen molar-refractivity contribution in [3.8, 4) is 0 Å². The van der Waals surface area contributed by atoms with Gasteiger partial charge < -0.3 is 19.6 Å². The fraction of sp³-hybridized carbons (Fsp3) is 0.846. The van der Waals surface area contributed by atoms with Crippen molar-refractivity contribution in [3.05, 3.63) is 0 Å². The van der Waals surface area contributed by atoms with Crippen LogP contribution in [0.5, 0.6) is 0 Å². The molecule has 0 saturated carbocycles. The van der Waals surface area contributed by atoms with Crippen molar-refractivity contribution in [3.63, 3.8) is 0 Å². The molecule has 0 bridgehead atoms. The molecule has 1 fully saturated rings. The van der Waals surface area contributed by atoms with Crippen LogP contribution in [0.25, 0.3) is 0 Å². The zero-order chi connectivity index (χ0) is 14.4. The number of aliphatic carboxylic acids is 1. The summed E-state index contributed by atoms with van der Waals surface area (Å²) in [7, 11) is 3.38. The van der Waals surface area contributed by atoms with E-state index < -0.39 is 11.9 Å². The molecule has 0 unspecified atom stereocenters. The maximum absolute atomic E-state index is 12.3. The van der Waals surface area contributed by atoms with Crippen LogP contribution < -0.4 is 0 Å². The third kappa shape index (κ3) is 4.09. The second-order valence-electron chi connectivity index (χ2n) is 5.07. The number of rotatable bonds is 5. The molecule has 0 radical (unpaired) electrons. The molecule has 1 aliphatic heterocycles. The van der Waals surface area contributed by atoms with Crippen LogP contribution in [0.4, 0.5) is 4.79 Å². The van der Waals surface area contributed by atoms with E-state index in [0.29, 0.717) is 26.1 Å². The van der Waals surface area contributed by atoms with Crippen LogP contribution in [0.15, 0.2) is 0 Å². The van der Waals surface area contributed by atoms with Gasteiger partial charge in [-0.25, -0.2) is 4.79 Å². The summed E-state index contributed by atoms with van der Waals surface area (Å²) >= 11 is 0. The Balaban J connectivity index is 2.57. The van der Waals surface area contributed by atoms with Crippen molar-refractivity contribution in [1.82, 2.24) is 9.80 Å². The van der Waals surface area contributed by atoms with Crippen LogP contribution >= 0.6 is 0 Å². The highest BCUT2D eigenvalue weighted by molar-refractivity contribution is 5.77. The van der Waals surface area contributed by atoms with Crippen molar-refractivity contribution in [2.24, 2.45) is 5.92 Å². The molecule has 0 aromatic heterocycles. The van der Waals surface area contributed by atoms with Gasteiger partial charge in [-0.2, -0.15) is 0 Å². The predicted octanol–water partition coefficient (Wildman–Crippen LogP) is 1.26. The van der Waals surface area contributed by atoms with Gasteiger partial charge in [0.25, 0.3) is 0 Å². The minimum atomic E-state index is -0.813. The first kappa shape index (κ1) is 15.8. The van der Waals surface area contributed by atoms with Gasteiger partial charge in [-0.3, -0.25) is 4.79 Å². The first-order chi connectivity index (χ1) is 8.99. The lowest BCUT2D eigenvalue weighted by Gasteiger charge is -2.39. The number of ether oxygens (including phenoxy) is 1. The summed E-state index contributed by atoms with van der Waals surface area (Å²) in [6.45, 7) is 3.69. The number of hydrogen-bond acceptors (Lipinski definition) is 3. The number of piperidine rings is 1. The van der Waals surface area contributed by atoms with Gasteiger partial charge in [0.1, 0.15) is 0 Å². The number of carboxylic acids is 1. The molecule has 1 saturated heterocycles. The minimum absolute atomic E-state index is 0.0884. The molecule has 0 aliphatic carbocycles. The smallest absolute Gasteiger partial charge is 0.320 e. The lowest BCUT2D eigenvalue weighted by molar-refractivity contribution is -0.145. The molecule has 6 heteroatoms. The second-order valence-corrected chi connectivity index (χ2v) is 5.07. The van der Waals surface area contributed by atoms with Crippen LogP contribution in [0, 0.1) is 5.92 Å². The molecular weight excluding hydrogens is 248 g/mol. The molecule has 0 aromatic rings. The van der Waals surface area contributed by atoms with E-state index in [-0.39, 0.29) is 12.1 Å². The summed E-state index contributed by atoms with van der Waals surface area (Å²) in [6.07, 6.45) is 2.18. The molecular formula is C13H24N2O4. The van der Waals surface area contributed by atoms with E-state index in [4.69, 9.17) is 9.84 Å². The van der Waals surface area contributed by atoms with Gasteiger partial charge in [0.2, 0.25) is 0 Å². The topological polar surface area (TPSA) is 70.1 Å². The number of amides is 2. The number of carboxylic acid groups (broad SMARTS) is 1. The number of nitrogens with zero attached hydrogens (tertiary/aromatic N) is 2. The third-order valence-electron chi connectivity index (χ3n) is 3.72. The molecule has 1 N–H and O–H groups in total. The monoisotopic (exact) mass is 272 g/mol. The lowest BCUT2D eigenvalue weighted by atomic mass is 9.90. The normalized spacial score (nSPS) is 23.2. The van der Waals surface area contributed by atoms with Gasteiger partial charge in [-0.15, -0.1) is 0 Å². The average molecular weight is 272 g/mol. The Bertz CT molecular complexity index is 322. The highest BCUT2D eigenvalue weighted by Crippen LogP contribution is 2.24. The van der Waals surface area contributed by atoms with Crippen molar-refractivity contribution in [2.75, 3.05) is 33.9 Å². The Morgan fingerprint density at radius 3 is 2.74 bits per heavy atom. The molecule has 2 atom stereocenters.